The largest absolute Gasteiger partial charge is 0.467 e. The van der Waals surface area contributed by atoms with Crippen molar-refractivity contribution in [3.8, 4) is 17.1 Å². The van der Waals surface area contributed by atoms with E-state index in [0.29, 0.717) is 6.01 Å². The van der Waals surface area contributed by atoms with E-state index in [4.69, 9.17) is 4.74 Å². The number of hydrogen-bond donors (Lipinski definition) is 0. The number of halogens is 1. The van der Waals surface area contributed by atoms with Gasteiger partial charge in [-0.15, -0.1) is 0 Å². The van der Waals surface area contributed by atoms with Gasteiger partial charge in [0.1, 0.15) is 0 Å². The summed E-state index contributed by atoms with van der Waals surface area (Å²) in [7, 11) is 1.56. The van der Waals surface area contributed by atoms with Gasteiger partial charge in [-0.25, -0.2) is 4.98 Å². The molecule has 0 spiro atoms. The molecular weight excluding hydrogens is 268 g/mol. The minimum absolute atomic E-state index is 0.401. The smallest absolute Gasteiger partial charge is 0.316 e. The van der Waals surface area contributed by atoms with Crippen LogP contribution in [-0.4, -0.2) is 17.1 Å². The summed E-state index contributed by atoms with van der Waals surface area (Å²) in [5.74, 6) is 0. The molecule has 0 aliphatic rings. The maximum Gasteiger partial charge on any atom is 0.316 e. The maximum absolute atomic E-state index is 4.98. The molecule has 0 bridgehead atoms. The number of benzene rings is 1. The molecule has 3 nitrogen and oxygen atoms in total. The van der Waals surface area contributed by atoms with Crippen molar-refractivity contribution in [1.29, 1.82) is 0 Å². The lowest BCUT2D eigenvalue weighted by Gasteiger charge is -2.06. The summed E-state index contributed by atoms with van der Waals surface area (Å²) < 4.78 is 6.03. The molecule has 0 radical (unpaired) electrons. The third-order valence-electron chi connectivity index (χ3n) is 2.30. The molecule has 0 unspecified atom stereocenters. The van der Waals surface area contributed by atoms with Crippen LogP contribution in [0.3, 0.4) is 0 Å². The molecule has 0 N–H and O–H groups in total. The number of aryl methyl sites for hydroxylation is 1. The third kappa shape index (κ3) is 2.22. The highest BCUT2D eigenvalue weighted by Crippen LogP contribution is 2.24. The summed E-state index contributed by atoms with van der Waals surface area (Å²) >= 11 is 3.41. The van der Waals surface area contributed by atoms with Crippen molar-refractivity contribution in [2.45, 2.75) is 6.92 Å². The molecule has 2 aromatic rings. The van der Waals surface area contributed by atoms with Gasteiger partial charge in [-0.3, -0.25) is 0 Å². The summed E-state index contributed by atoms with van der Waals surface area (Å²) in [6.45, 7) is 1.95. The molecule has 0 aliphatic carbocycles. The van der Waals surface area contributed by atoms with Gasteiger partial charge < -0.3 is 4.74 Å². The average molecular weight is 279 g/mol. The molecule has 4 heteroatoms. The van der Waals surface area contributed by atoms with E-state index in [1.807, 2.05) is 31.2 Å². The Hall–Kier alpha value is -1.42. The SMILES string of the molecule is COc1ncc(-c2ccc(Br)cc2)c(C)n1. The predicted molar refractivity (Wildman–Crippen MR) is 66.5 cm³/mol. The average Bonchev–Trinajstić information content (AvgIpc) is 2.30. The van der Waals surface area contributed by atoms with Crippen LogP contribution in [0.2, 0.25) is 0 Å². The fraction of sp³-hybridized carbons (Fsp3) is 0.167. The standard InChI is InChI=1S/C12H11BrN2O/c1-8-11(7-14-12(15-8)16-2)9-3-5-10(13)6-4-9/h3-7H,1-2H3. The van der Waals surface area contributed by atoms with Gasteiger partial charge in [0, 0.05) is 16.2 Å². The molecule has 0 saturated carbocycles. The molecule has 16 heavy (non-hydrogen) atoms. The van der Waals surface area contributed by atoms with Crippen LogP contribution in [0.4, 0.5) is 0 Å². The van der Waals surface area contributed by atoms with Crippen LogP contribution < -0.4 is 4.74 Å². The lowest BCUT2D eigenvalue weighted by atomic mass is 10.1. The first kappa shape index (κ1) is 11.1. The van der Waals surface area contributed by atoms with Crippen molar-refractivity contribution in [2.24, 2.45) is 0 Å². The van der Waals surface area contributed by atoms with Crippen molar-refractivity contribution in [3.63, 3.8) is 0 Å². The van der Waals surface area contributed by atoms with Gasteiger partial charge in [0.25, 0.3) is 0 Å². The molecule has 0 aliphatic heterocycles. The quantitative estimate of drug-likeness (QED) is 0.846. The van der Waals surface area contributed by atoms with E-state index in [1.54, 1.807) is 13.3 Å². The second kappa shape index (κ2) is 4.61. The van der Waals surface area contributed by atoms with Crippen molar-refractivity contribution in [1.82, 2.24) is 9.97 Å². The fourth-order valence-electron chi connectivity index (χ4n) is 1.46. The molecule has 0 saturated heterocycles. The van der Waals surface area contributed by atoms with Crippen LogP contribution >= 0.6 is 15.9 Å². The van der Waals surface area contributed by atoms with E-state index >= 15 is 0 Å². The molecule has 1 aromatic carbocycles. The molecule has 0 fully saturated rings. The van der Waals surface area contributed by atoms with Crippen molar-refractivity contribution >= 4 is 15.9 Å². The second-order valence-corrected chi connectivity index (χ2v) is 4.28. The van der Waals surface area contributed by atoms with Gasteiger partial charge in [-0.1, -0.05) is 28.1 Å². The number of aromatic nitrogens is 2. The molecule has 0 atom stereocenters. The predicted octanol–water partition coefficient (Wildman–Crippen LogP) is 3.22. The van der Waals surface area contributed by atoms with Gasteiger partial charge in [0.2, 0.25) is 0 Å². The van der Waals surface area contributed by atoms with Crippen molar-refractivity contribution in [3.05, 3.63) is 40.6 Å². The summed E-state index contributed by atoms with van der Waals surface area (Å²) in [4.78, 5) is 8.36. The fourth-order valence-corrected chi connectivity index (χ4v) is 1.72. The van der Waals surface area contributed by atoms with Crippen LogP contribution in [0.1, 0.15) is 5.69 Å². The number of ether oxygens (including phenoxy) is 1. The van der Waals surface area contributed by atoms with Gasteiger partial charge in [-0.05, 0) is 24.6 Å². The number of hydrogen-bond acceptors (Lipinski definition) is 3. The Morgan fingerprint density at radius 1 is 1.19 bits per heavy atom. The zero-order valence-electron chi connectivity index (χ0n) is 9.07. The van der Waals surface area contributed by atoms with Gasteiger partial charge in [0.15, 0.2) is 0 Å². The number of methoxy groups -OCH3 is 1. The Kier molecular flexibility index (Phi) is 3.19. The van der Waals surface area contributed by atoms with E-state index in [-0.39, 0.29) is 0 Å². The minimum Gasteiger partial charge on any atom is -0.467 e. The monoisotopic (exact) mass is 278 g/mol. The van der Waals surface area contributed by atoms with Crippen LogP contribution in [0.25, 0.3) is 11.1 Å². The van der Waals surface area contributed by atoms with Crippen LogP contribution in [-0.2, 0) is 0 Å². The van der Waals surface area contributed by atoms with Gasteiger partial charge >= 0.3 is 6.01 Å². The van der Waals surface area contributed by atoms with Crippen LogP contribution in [0.15, 0.2) is 34.9 Å². The number of rotatable bonds is 2. The van der Waals surface area contributed by atoms with E-state index in [2.05, 4.69) is 25.9 Å². The number of nitrogens with zero attached hydrogens (tertiary/aromatic N) is 2. The third-order valence-corrected chi connectivity index (χ3v) is 2.82. The highest BCUT2D eigenvalue weighted by atomic mass is 79.9. The maximum atomic E-state index is 4.98. The minimum atomic E-state index is 0.401. The first-order valence-corrected chi connectivity index (χ1v) is 5.63. The molecular formula is C12H11BrN2O. The lowest BCUT2D eigenvalue weighted by molar-refractivity contribution is 0.379. The van der Waals surface area contributed by atoms with Crippen molar-refractivity contribution < 1.29 is 4.74 Å². The highest BCUT2D eigenvalue weighted by Gasteiger charge is 2.05. The van der Waals surface area contributed by atoms with Gasteiger partial charge in [0.05, 0.1) is 12.8 Å². The Morgan fingerprint density at radius 3 is 2.44 bits per heavy atom. The summed E-state index contributed by atoms with van der Waals surface area (Å²) in [5.41, 5.74) is 3.03. The van der Waals surface area contributed by atoms with E-state index < -0.39 is 0 Å². The molecule has 2 rings (SSSR count). The van der Waals surface area contributed by atoms with Crippen LogP contribution in [0.5, 0.6) is 6.01 Å². The summed E-state index contributed by atoms with van der Waals surface area (Å²) in [6.07, 6.45) is 1.78. The Labute approximate surface area is 103 Å². The van der Waals surface area contributed by atoms with Crippen molar-refractivity contribution in [2.75, 3.05) is 7.11 Å². The molecule has 1 aromatic heterocycles. The topological polar surface area (TPSA) is 35.0 Å². The molecule has 82 valence electrons. The van der Waals surface area contributed by atoms with E-state index in [9.17, 15) is 0 Å². The van der Waals surface area contributed by atoms with E-state index in [0.717, 1.165) is 21.3 Å². The summed E-state index contributed by atoms with van der Waals surface area (Å²) in [5, 5.41) is 0. The van der Waals surface area contributed by atoms with Crippen LogP contribution in [0, 0.1) is 6.92 Å². The zero-order chi connectivity index (χ0) is 11.5. The normalized spacial score (nSPS) is 10.2. The Morgan fingerprint density at radius 2 is 1.88 bits per heavy atom. The zero-order valence-corrected chi connectivity index (χ0v) is 10.7. The lowest BCUT2D eigenvalue weighted by Crippen LogP contribution is -1.95. The Bertz CT molecular complexity index is 497. The molecule has 0 amide bonds. The van der Waals surface area contributed by atoms with Gasteiger partial charge in [-0.2, -0.15) is 4.98 Å². The highest BCUT2D eigenvalue weighted by molar-refractivity contribution is 9.10. The second-order valence-electron chi connectivity index (χ2n) is 3.36. The molecule has 1 heterocycles. The Balaban J connectivity index is 2.44. The first-order valence-electron chi connectivity index (χ1n) is 4.84. The summed E-state index contributed by atoms with van der Waals surface area (Å²) in [6, 6.07) is 8.46. The first-order chi connectivity index (χ1) is 7.70. The van der Waals surface area contributed by atoms with E-state index in [1.165, 1.54) is 0 Å².